The van der Waals surface area contributed by atoms with Crippen LogP contribution in [0.15, 0.2) is 40.3 Å². The minimum absolute atomic E-state index is 0.0319. The molecule has 7 heteroatoms. The van der Waals surface area contributed by atoms with Crippen LogP contribution in [0.3, 0.4) is 0 Å². The Morgan fingerprint density at radius 2 is 2.09 bits per heavy atom. The first kappa shape index (κ1) is 14.0. The second kappa shape index (κ2) is 5.44. The van der Waals surface area contributed by atoms with E-state index in [1.54, 1.807) is 19.9 Å². The summed E-state index contributed by atoms with van der Waals surface area (Å²) in [6.07, 6.45) is 2.86. The zero-order valence-electron chi connectivity index (χ0n) is 11.9. The highest BCUT2D eigenvalue weighted by atomic mass is 19.1. The lowest BCUT2D eigenvalue weighted by Gasteiger charge is -2.06. The highest BCUT2D eigenvalue weighted by Gasteiger charge is 2.17. The minimum atomic E-state index is -0.704. The summed E-state index contributed by atoms with van der Waals surface area (Å²) in [4.78, 5) is 18.9. The summed E-state index contributed by atoms with van der Waals surface area (Å²) >= 11 is 0. The SMILES string of the molecule is Cc1noc(C)c1-c1cnc(-c2cccnc2F)c(N=O)c1. The van der Waals surface area contributed by atoms with E-state index in [0.717, 1.165) is 5.56 Å². The average Bonchev–Trinajstić information content (AvgIpc) is 2.86. The van der Waals surface area contributed by atoms with Gasteiger partial charge in [0.25, 0.3) is 0 Å². The standard InChI is InChI=1S/C15H11FN4O2/c1-8-13(9(2)22-20-8)10-6-12(19-21)14(18-7-10)11-4-3-5-17-15(11)16/h3-7H,1-2H3. The zero-order valence-corrected chi connectivity index (χ0v) is 11.9. The van der Waals surface area contributed by atoms with E-state index in [0.29, 0.717) is 17.0 Å². The van der Waals surface area contributed by atoms with E-state index in [-0.39, 0.29) is 16.9 Å². The van der Waals surface area contributed by atoms with Crippen LogP contribution >= 0.6 is 0 Å². The van der Waals surface area contributed by atoms with Gasteiger partial charge in [0.15, 0.2) is 0 Å². The smallest absolute Gasteiger partial charge is 0.222 e. The summed E-state index contributed by atoms with van der Waals surface area (Å²) in [6, 6.07) is 4.60. The Labute approximate surface area is 125 Å². The maximum absolute atomic E-state index is 13.8. The van der Waals surface area contributed by atoms with Crippen LogP contribution in [0.2, 0.25) is 0 Å². The van der Waals surface area contributed by atoms with E-state index in [4.69, 9.17) is 4.52 Å². The molecule has 0 amide bonds. The molecule has 0 aliphatic carbocycles. The summed E-state index contributed by atoms with van der Waals surface area (Å²) < 4.78 is 18.9. The van der Waals surface area contributed by atoms with Crippen molar-refractivity contribution in [2.45, 2.75) is 13.8 Å². The van der Waals surface area contributed by atoms with Gasteiger partial charge in [-0.05, 0) is 37.2 Å². The number of halogens is 1. The van der Waals surface area contributed by atoms with Crippen molar-refractivity contribution in [1.29, 1.82) is 0 Å². The second-order valence-corrected chi connectivity index (χ2v) is 4.72. The van der Waals surface area contributed by atoms with Gasteiger partial charge in [0.05, 0.1) is 11.3 Å². The molecular formula is C15H11FN4O2. The van der Waals surface area contributed by atoms with Gasteiger partial charge in [-0.2, -0.15) is 4.39 Å². The molecule has 0 saturated heterocycles. The number of nitrogens with zero attached hydrogens (tertiary/aromatic N) is 4. The summed E-state index contributed by atoms with van der Waals surface area (Å²) in [5.74, 6) is -0.0959. The van der Waals surface area contributed by atoms with Gasteiger partial charge in [-0.3, -0.25) is 4.98 Å². The van der Waals surface area contributed by atoms with Crippen molar-refractivity contribution in [3.63, 3.8) is 0 Å². The third kappa shape index (κ3) is 2.26. The maximum Gasteiger partial charge on any atom is 0.222 e. The number of pyridine rings is 2. The molecule has 0 N–H and O–H groups in total. The Balaban J connectivity index is 2.17. The van der Waals surface area contributed by atoms with E-state index in [1.807, 2.05) is 0 Å². The molecule has 6 nitrogen and oxygen atoms in total. The lowest BCUT2D eigenvalue weighted by atomic mass is 10.0. The molecule has 3 aromatic heterocycles. The van der Waals surface area contributed by atoms with E-state index in [9.17, 15) is 9.30 Å². The topological polar surface area (TPSA) is 81.2 Å². The molecule has 0 unspecified atom stereocenters. The third-order valence-corrected chi connectivity index (χ3v) is 3.30. The van der Waals surface area contributed by atoms with Gasteiger partial charge in [-0.25, -0.2) is 4.98 Å². The highest BCUT2D eigenvalue weighted by Crippen LogP contribution is 2.34. The largest absolute Gasteiger partial charge is 0.361 e. The minimum Gasteiger partial charge on any atom is -0.361 e. The molecule has 0 aliphatic heterocycles. The molecular weight excluding hydrogens is 287 g/mol. The Morgan fingerprint density at radius 1 is 1.27 bits per heavy atom. The van der Waals surface area contributed by atoms with Gasteiger partial charge in [0, 0.05) is 23.5 Å². The predicted molar refractivity (Wildman–Crippen MR) is 77.9 cm³/mol. The molecule has 3 aromatic rings. The van der Waals surface area contributed by atoms with Crippen molar-refractivity contribution in [3.8, 4) is 22.4 Å². The van der Waals surface area contributed by atoms with Crippen LogP contribution in [0.25, 0.3) is 22.4 Å². The number of hydrogen-bond donors (Lipinski definition) is 0. The van der Waals surface area contributed by atoms with E-state index >= 15 is 0 Å². The lowest BCUT2D eigenvalue weighted by Crippen LogP contribution is -1.92. The van der Waals surface area contributed by atoms with Crippen molar-refractivity contribution in [3.05, 3.63) is 52.9 Å². The Bertz CT molecular complexity index is 841. The molecule has 3 heterocycles. The molecule has 0 aliphatic rings. The first-order valence-electron chi connectivity index (χ1n) is 6.49. The fourth-order valence-electron chi connectivity index (χ4n) is 2.32. The van der Waals surface area contributed by atoms with Crippen LogP contribution in [-0.4, -0.2) is 15.1 Å². The number of hydrogen-bond acceptors (Lipinski definition) is 6. The zero-order chi connectivity index (χ0) is 15.7. The predicted octanol–water partition coefficient (Wildman–Crippen LogP) is 3.95. The number of aromatic nitrogens is 3. The Morgan fingerprint density at radius 3 is 2.73 bits per heavy atom. The van der Waals surface area contributed by atoms with Crippen molar-refractivity contribution < 1.29 is 8.91 Å². The monoisotopic (exact) mass is 298 g/mol. The molecule has 0 aromatic carbocycles. The van der Waals surface area contributed by atoms with Gasteiger partial charge in [-0.1, -0.05) is 5.16 Å². The molecule has 110 valence electrons. The lowest BCUT2D eigenvalue weighted by molar-refractivity contribution is 0.393. The van der Waals surface area contributed by atoms with Crippen LogP contribution in [0.4, 0.5) is 10.1 Å². The number of aryl methyl sites for hydroxylation is 2. The molecule has 0 spiro atoms. The summed E-state index contributed by atoms with van der Waals surface area (Å²) in [7, 11) is 0. The summed E-state index contributed by atoms with van der Waals surface area (Å²) in [6.45, 7) is 3.55. The molecule has 22 heavy (non-hydrogen) atoms. The number of rotatable bonds is 3. The fraction of sp³-hybridized carbons (Fsp3) is 0.133. The van der Waals surface area contributed by atoms with Crippen LogP contribution in [0.1, 0.15) is 11.5 Å². The van der Waals surface area contributed by atoms with Crippen LogP contribution in [-0.2, 0) is 0 Å². The highest BCUT2D eigenvalue weighted by molar-refractivity contribution is 5.78. The van der Waals surface area contributed by atoms with Gasteiger partial charge < -0.3 is 4.52 Å². The normalized spacial score (nSPS) is 10.7. The van der Waals surface area contributed by atoms with Crippen molar-refractivity contribution in [2.24, 2.45) is 5.18 Å². The van der Waals surface area contributed by atoms with Gasteiger partial charge in [0.1, 0.15) is 17.1 Å². The molecule has 0 bridgehead atoms. The van der Waals surface area contributed by atoms with Crippen molar-refractivity contribution in [1.82, 2.24) is 15.1 Å². The van der Waals surface area contributed by atoms with Crippen LogP contribution in [0, 0.1) is 24.7 Å². The molecule has 0 saturated carbocycles. The van der Waals surface area contributed by atoms with Gasteiger partial charge >= 0.3 is 0 Å². The van der Waals surface area contributed by atoms with Crippen molar-refractivity contribution >= 4 is 5.69 Å². The van der Waals surface area contributed by atoms with Gasteiger partial charge in [0.2, 0.25) is 5.95 Å². The van der Waals surface area contributed by atoms with Crippen molar-refractivity contribution in [2.75, 3.05) is 0 Å². The Hall–Kier alpha value is -2.96. The number of nitroso groups, excluding NO2 is 1. The summed E-state index contributed by atoms with van der Waals surface area (Å²) in [5, 5.41) is 6.82. The summed E-state index contributed by atoms with van der Waals surface area (Å²) in [5.41, 5.74) is 2.37. The maximum atomic E-state index is 13.8. The van der Waals surface area contributed by atoms with E-state index in [2.05, 4.69) is 20.3 Å². The van der Waals surface area contributed by atoms with Gasteiger partial charge in [-0.15, -0.1) is 4.91 Å². The molecule has 0 radical (unpaired) electrons. The fourth-order valence-corrected chi connectivity index (χ4v) is 2.32. The van der Waals surface area contributed by atoms with E-state index in [1.165, 1.54) is 24.5 Å². The Kier molecular flexibility index (Phi) is 3.46. The first-order valence-corrected chi connectivity index (χ1v) is 6.49. The molecule has 0 fully saturated rings. The van der Waals surface area contributed by atoms with Crippen LogP contribution in [0.5, 0.6) is 0 Å². The quantitative estimate of drug-likeness (QED) is 0.540. The second-order valence-electron chi connectivity index (χ2n) is 4.72. The average molecular weight is 298 g/mol. The van der Waals surface area contributed by atoms with Crippen LogP contribution < -0.4 is 0 Å². The van der Waals surface area contributed by atoms with E-state index < -0.39 is 5.95 Å². The molecule has 3 rings (SSSR count). The molecule has 0 atom stereocenters. The first-order chi connectivity index (χ1) is 10.6. The third-order valence-electron chi connectivity index (χ3n) is 3.30.